The Morgan fingerprint density at radius 2 is 1.64 bits per heavy atom. The summed E-state index contributed by atoms with van der Waals surface area (Å²) in [6.07, 6.45) is 1.18. The number of aryl methyl sites for hydroxylation is 3. The Balaban J connectivity index is 1.60. The third-order valence-corrected chi connectivity index (χ3v) is 4.69. The number of benzene rings is 2. The maximum atomic E-state index is 12.1. The van der Waals surface area contributed by atoms with Crippen LogP contribution in [0.5, 0.6) is 0 Å². The van der Waals surface area contributed by atoms with Gasteiger partial charge in [0.25, 0.3) is 5.56 Å². The molecule has 1 aromatic heterocycles. The minimum atomic E-state index is -0.208. The van der Waals surface area contributed by atoms with E-state index in [2.05, 4.69) is 29.5 Å². The van der Waals surface area contributed by atoms with Crippen molar-refractivity contribution in [2.24, 2.45) is 0 Å². The minimum Gasteiger partial charge on any atom is -0.352 e. The molecule has 1 amide bonds. The molecule has 0 spiro atoms. The Morgan fingerprint density at radius 1 is 0.964 bits per heavy atom. The Labute approximate surface area is 165 Å². The monoisotopic (exact) mass is 375 g/mol. The second-order valence-electron chi connectivity index (χ2n) is 6.84. The summed E-state index contributed by atoms with van der Waals surface area (Å²) >= 11 is 0. The SMILES string of the molecule is CCc1ccc(-c2ccc(=O)n(CCC(=O)NCc3ccc(C)cc3)n2)cc1. The number of aromatic nitrogens is 2. The van der Waals surface area contributed by atoms with Gasteiger partial charge in [-0.2, -0.15) is 5.10 Å². The van der Waals surface area contributed by atoms with Crippen molar-refractivity contribution in [2.45, 2.75) is 39.8 Å². The predicted octanol–water partition coefficient (Wildman–Crippen LogP) is 3.49. The molecule has 0 fully saturated rings. The molecule has 0 saturated carbocycles. The van der Waals surface area contributed by atoms with Crippen LogP contribution in [0.4, 0.5) is 0 Å². The number of rotatable bonds is 7. The first-order chi connectivity index (χ1) is 13.5. The lowest BCUT2D eigenvalue weighted by atomic mass is 10.1. The zero-order valence-corrected chi connectivity index (χ0v) is 16.3. The van der Waals surface area contributed by atoms with Crippen molar-refractivity contribution in [2.75, 3.05) is 0 Å². The minimum absolute atomic E-state index is 0.105. The van der Waals surface area contributed by atoms with Crippen LogP contribution in [-0.4, -0.2) is 15.7 Å². The van der Waals surface area contributed by atoms with Gasteiger partial charge in [-0.25, -0.2) is 4.68 Å². The van der Waals surface area contributed by atoms with E-state index in [1.807, 2.05) is 43.3 Å². The summed E-state index contributed by atoms with van der Waals surface area (Å²) in [7, 11) is 0. The third-order valence-electron chi connectivity index (χ3n) is 4.69. The van der Waals surface area contributed by atoms with Gasteiger partial charge in [-0.15, -0.1) is 0 Å². The van der Waals surface area contributed by atoms with Crippen molar-refractivity contribution in [3.05, 3.63) is 87.7 Å². The van der Waals surface area contributed by atoms with Gasteiger partial charge in [-0.1, -0.05) is 61.0 Å². The number of nitrogens with zero attached hydrogens (tertiary/aromatic N) is 2. The first-order valence-electron chi connectivity index (χ1n) is 9.55. The van der Waals surface area contributed by atoms with Gasteiger partial charge in [0.05, 0.1) is 12.2 Å². The molecule has 0 radical (unpaired) electrons. The lowest BCUT2D eigenvalue weighted by Crippen LogP contribution is -2.28. The van der Waals surface area contributed by atoms with Gasteiger partial charge in [-0.05, 0) is 30.5 Å². The van der Waals surface area contributed by atoms with Gasteiger partial charge in [0.2, 0.25) is 5.91 Å². The molecule has 0 aliphatic carbocycles. The largest absolute Gasteiger partial charge is 0.352 e. The van der Waals surface area contributed by atoms with Gasteiger partial charge >= 0.3 is 0 Å². The number of hydrogen-bond donors (Lipinski definition) is 1. The summed E-state index contributed by atoms with van der Waals surface area (Å²) in [5.41, 5.74) is 4.95. The molecule has 1 heterocycles. The summed E-state index contributed by atoms with van der Waals surface area (Å²) in [5, 5.41) is 7.31. The van der Waals surface area contributed by atoms with Gasteiger partial charge in [0, 0.05) is 24.6 Å². The molecule has 5 heteroatoms. The van der Waals surface area contributed by atoms with Crippen LogP contribution in [0.2, 0.25) is 0 Å². The van der Waals surface area contributed by atoms with Gasteiger partial charge in [0.1, 0.15) is 0 Å². The normalized spacial score (nSPS) is 10.6. The fourth-order valence-electron chi connectivity index (χ4n) is 2.88. The predicted molar refractivity (Wildman–Crippen MR) is 111 cm³/mol. The average Bonchev–Trinajstić information content (AvgIpc) is 2.73. The third kappa shape index (κ3) is 5.16. The molecule has 0 bridgehead atoms. The van der Waals surface area contributed by atoms with Crippen molar-refractivity contribution in [3.8, 4) is 11.3 Å². The molecule has 5 nitrogen and oxygen atoms in total. The summed E-state index contributed by atoms with van der Waals surface area (Å²) in [6, 6.07) is 19.4. The molecule has 0 aliphatic rings. The molecular weight excluding hydrogens is 350 g/mol. The Hall–Kier alpha value is -3.21. The first-order valence-corrected chi connectivity index (χ1v) is 9.55. The highest BCUT2D eigenvalue weighted by atomic mass is 16.2. The van der Waals surface area contributed by atoms with E-state index in [9.17, 15) is 9.59 Å². The fourth-order valence-corrected chi connectivity index (χ4v) is 2.88. The second-order valence-corrected chi connectivity index (χ2v) is 6.84. The van der Waals surface area contributed by atoms with Crippen molar-refractivity contribution in [1.29, 1.82) is 0 Å². The summed E-state index contributed by atoms with van der Waals surface area (Å²) in [6.45, 7) is 4.86. The van der Waals surface area contributed by atoms with Gasteiger partial charge in [0.15, 0.2) is 0 Å². The molecule has 3 rings (SSSR count). The molecule has 2 aromatic carbocycles. The number of carbonyl (C=O) groups is 1. The van der Waals surface area contributed by atoms with Crippen molar-refractivity contribution < 1.29 is 4.79 Å². The highest BCUT2D eigenvalue weighted by molar-refractivity contribution is 5.75. The standard InChI is InChI=1S/C23H25N3O2/c1-3-18-8-10-20(11-9-18)21-12-13-23(28)26(25-21)15-14-22(27)24-16-19-6-4-17(2)5-7-19/h4-13H,3,14-16H2,1-2H3,(H,24,27). The lowest BCUT2D eigenvalue weighted by Gasteiger charge is -2.09. The van der Waals surface area contributed by atoms with Gasteiger partial charge < -0.3 is 5.32 Å². The zero-order chi connectivity index (χ0) is 19.9. The Morgan fingerprint density at radius 3 is 2.32 bits per heavy atom. The van der Waals surface area contributed by atoms with Crippen LogP contribution in [0.3, 0.4) is 0 Å². The van der Waals surface area contributed by atoms with Crippen LogP contribution < -0.4 is 10.9 Å². The quantitative estimate of drug-likeness (QED) is 0.688. The summed E-state index contributed by atoms with van der Waals surface area (Å²) in [5.74, 6) is -0.105. The first kappa shape index (κ1) is 19.5. The molecule has 3 aromatic rings. The summed E-state index contributed by atoms with van der Waals surface area (Å²) in [4.78, 5) is 24.2. The summed E-state index contributed by atoms with van der Waals surface area (Å²) < 4.78 is 1.36. The number of hydrogen-bond acceptors (Lipinski definition) is 3. The smallest absolute Gasteiger partial charge is 0.266 e. The van der Waals surface area contributed by atoms with E-state index in [1.54, 1.807) is 6.07 Å². The van der Waals surface area contributed by atoms with E-state index in [1.165, 1.54) is 21.9 Å². The number of nitrogens with one attached hydrogen (secondary N) is 1. The van der Waals surface area contributed by atoms with Crippen molar-refractivity contribution >= 4 is 5.91 Å². The van der Waals surface area contributed by atoms with Crippen LogP contribution in [-0.2, 0) is 24.3 Å². The van der Waals surface area contributed by atoms with Crippen LogP contribution in [0.1, 0.15) is 30.0 Å². The van der Waals surface area contributed by atoms with Crippen LogP contribution in [0.25, 0.3) is 11.3 Å². The molecule has 144 valence electrons. The van der Waals surface area contributed by atoms with Crippen LogP contribution in [0, 0.1) is 6.92 Å². The second kappa shape index (κ2) is 9.13. The van der Waals surface area contributed by atoms with Gasteiger partial charge in [-0.3, -0.25) is 9.59 Å². The molecule has 0 atom stereocenters. The van der Waals surface area contributed by atoms with Crippen LogP contribution >= 0.6 is 0 Å². The van der Waals surface area contributed by atoms with Crippen molar-refractivity contribution in [1.82, 2.24) is 15.1 Å². The highest BCUT2D eigenvalue weighted by Gasteiger charge is 2.07. The number of amides is 1. The van der Waals surface area contributed by atoms with E-state index in [0.717, 1.165) is 23.2 Å². The van der Waals surface area contributed by atoms with E-state index in [0.29, 0.717) is 6.54 Å². The van der Waals surface area contributed by atoms with Crippen molar-refractivity contribution in [3.63, 3.8) is 0 Å². The lowest BCUT2D eigenvalue weighted by molar-refractivity contribution is -0.121. The highest BCUT2D eigenvalue weighted by Crippen LogP contribution is 2.16. The van der Waals surface area contributed by atoms with E-state index in [-0.39, 0.29) is 24.4 Å². The molecule has 0 aliphatic heterocycles. The number of carbonyl (C=O) groups excluding carboxylic acids is 1. The molecule has 0 saturated heterocycles. The molecule has 28 heavy (non-hydrogen) atoms. The zero-order valence-electron chi connectivity index (χ0n) is 16.3. The Kier molecular flexibility index (Phi) is 6.37. The van der Waals surface area contributed by atoms with Crippen LogP contribution in [0.15, 0.2) is 65.5 Å². The average molecular weight is 375 g/mol. The van der Waals surface area contributed by atoms with E-state index >= 15 is 0 Å². The Bertz CT molecular complexity index is 990. The fraction of sp³-hybridized carbons (Fsp3) is 0.261. The molecule has 0 unspecified atom stereocenters. The topological polar surface area (TPSA) is 64.0 Å². The van der Waals surface area contributed by atoms with E-state index in [4.69, 9.17) is 0 Å². The maximum absolute atomic E-state index is 12.1. The maximum Gasteiger partial charge on any atom is 0.266 e. The molecular formula is C23H25N3O2. The van der Waals surface area contributed by atoms with E-state index < -0.39 is 0 Å². The molecule has 1 N–H and O–H groups in total.